The molecule has 18 heavy (non-hydrogen) atoms. The molecule has 0 saturated heterocycles. The molecule has 1 aromatic carbocycles. The van der Waals surface area contributed by atoms with Crippen molar-refractivity contribution in [2.75, 3.05) is 0 Å². The Kier molecular flexibility index (Phi) is 2.80. The molecule has 0 aliphatic carbocycles. The fraction of sp³-hybridized carbons (Fsp3) is 0.0909. The minimum atomic E-state index is -0.767. The summed E-state index contributed by atoms with van der Waals surface area (Å²) >= 11 is 0. The summed E-state index contributed by atoms with van der Waals surface area (Å²) in [5.41, 5.74) is -0.684. The molecule has 2 aromatic rings. The molecule has 0 aliphatic rings. The fourth-order valence-electron chi connectivity index (χ4n) is 1.41. The van der Waals surface area contributed by atoms with E-state index in [1.165, 1.54) is 19.1 Å². The lowest BCUT2D eigenvalue weighted by molar-refractivity contribution is -0.384. The zero-order valence-electron chi connectivity index (χ0n) is 9.28. The van der Waals surface area contributed by atoms with Crippen LogP contribution in [0.4, 0.5) is 5.69 Å². The van der Waals surface area contributed by atoms with Crippen molar-refractivity contribution in [1.82, 2.24) is 4.98 Å². The molecule has 0 saturated carbocycles. The first-order valence-electron chi connectivity index (χ1n) is 4.94. The summed E-state index contributed by atoms with van der Waals surface area (Å²) in [6.07, 6.45) is 1.16. The molecule has 0 radical (unpaired) electrons. The maximum atomic E-state index is 11.5. The van der Waals surface area contributed by atoms with Gasteiger partial charge in [-0.15, -0.1) is 0 Å². The predicted molar refractivity (Wildman–Crippen MR) is 63.2 cm³/mol. The Morgan fingerprint density at radius 2 is 2.28 bits per heavy atom. The lowest BCUT2D eigenvalue weighted by atomic mass is 10.2. The number of nitro groups is 1. The minimum Gasteiger partial charge on any atom is -0.513 e. The number of fused-ring (bicyclic) bond motifs is 1. The van der Waals surface area contributed by atoms with Gasteiger partial charge in [0.05, 0.1) is 16.7 Å². The van der Waals surface area contributed by atoms with E-state index >= 15 is 0 Å². The van der Waals surface area contributed by atoms with Crippen LogP contribution in [0.2, 0.25) is 0 Å². The number of benzene rings is 1. The van der Waals surface area contributed by atoms with Crippen LogP contribution in [0, 0.1) is 10.1 Å². The van der Waals surface area contributed by atoms with Crippen LogP contribution in [-0.2, 0) is 0 Å². The van der Waals surface area contributed by atoms with Gasteiger partial charge in [0.2, 0.25) is 0 Å². The Labute approximate surface area is 100 Å². The molecule has 7 heteroatoms. The first-order chi connectivity index (χ1) is 8.47. The smallest absolute Gasteiger partial charge is 0.362 e. The van der Waals surface area contributed by atoms with Gasteiger partial charge in [0, 0.05) is 12.1 Å². The Balaban J connectivity index is 2.68. The van der Waals surface area contributed by atoms with Gasteiger partial charge in [-0.1, -0.05) is 0 Å². The molecular weight excluding hydrogens is 240 g/mol. The van der Waals surface area contributed by atoms with E-state index < -0.39 is 10.5 Å². The van der Waals surface area contributed by atoms with Crippen molar-refractivity contribution in [2.45, 2.75) is 6.92 Å². The van der Waals surface area contributed by atoms with Gasteiger partial charge >= 0.3 is 5.63 Å². The highest BCUT2D eigenvalue weighted by Crippen LogP contribution is 2.18. The van der Waals surface area contributed by atoms with Gasteiger partial charge in [0.15, 0.2) is 11.3 Å². The van der Waals surface area contributed by atoms with E-state index in [1.807, 2.05) is 0 Å². The van der Waals surface area contributed by atoms with Gasteiger partial charge in [-0.05, 0) is 13.0 Å². The number of allylic oxidation sites excluding steroid dienone is 1. The number of nitrogens with zero attached hydrogens (tertiary/aromatic N) is 2. The standard InChI is InChI=1S/C11H8N2O5/c1-6(14)4-9-11(15)18-10-5-7(13(16)17)2-3-8(10)12-9/h2-5,14H,1H3/b6-4+. The molecule has 0 aliphatic heterocycles. The molecular formula is C11H8N2O5. The van der Waals surface area contributed by atoms with Crippen LogP contribution < -0.4 is 5.63 Å². The van der Waals surface area contributed by atoms with E-state index in [2.05, 4.69) is 4.98 Å². The van der Waals surface area contributed by atoms with Gasteiger partial charge in [0.1, 0.15) is 5.52 Å². The van der Waals surface area contributed by atoms with Crippen LogP contribution in [0.3, 0.4) is 0 Å². The van der Waals surface area contributed by atoms with Gasteiger partial charge in [-0.25, -0.2) is 9.78 Å². The van der Waals surface area contributed by atoms with Gasteiger partial charge in [-0.2, -0.15) is 0 Å². The number of hydrogen-bond acceptors (Lipinski definition) is 6. The third-order valence-corrected chi connectivity index (χ3v) is 2.15. The second-order valence-corrected chi connectivity index (χ2v) is 3.58. The normalized spacial score (nSPS) is 11.7. The summed E-state index contributed by atoms with van der Waals surface area (Å²) in [4.78, 5) is 25.4. The summed E-state index contributed by atoms with van der Waals surface area (Å²) in [5, 5.41) is 19.6. The summed E-state index contributed by atoms with van der Waals surface area (Å²) in [6, 6.07) is 3.76. The number of hydrogen-bond donors (Lipinski definition) is 1. The topological polar surface area (TPSA) is 106 Å². The molecule has 1 heterocycles. The van der Waals surface area contributed by atoms with E-state index in [4.69, 9.17) is 9.52 Å². The molecule has 1 aromatic heterocycles. The second-order valence-electron chi connectivity index (χ2n) is 3.58. The predicted octanol–water partition coefficient (Wildman–Crippen LogP) is 2.01. The van der Waals surface area contributed by atoms with Crippen LogP contribution >= 0.6 is 0 Å². The molecule has 0 spiro atoms. The summed E-state index contributed by atoms with van der Waals surface area (Å²) in [6.45, 7) is 1.39. The molecule has 0 bridgehead atoms. The largest absolute Gasteiger partial charge is 0.513 e. The average Bonchev–Trinajstić information content (AvgIpc) is 2.28. The lowest BCUT2D eigenvalue weighted by Gasteiger charge is -1.98. The maximum Gasteiger partial charge on any atom is 0.362 e. The number of non-ortho nitro benzene ring substituents is 1. The average molecular weight is 248 g/mol. The van der Waals surface area contributed by atoms with E-state index in [0.29, 0.717) is 5.52 Å². The van der Waals surface area contributed by atoms with Crippen molar-refractivity contribution < 1.29 is 14.4 Å². The summed E-state index contributed by atoms with van der Waals surface area (Å²) < 4.78 is 4.91. The SMILES string of the molecule is C/C(O)=C\c1nc2ccc([N+](=O)[O-])cc2oc1=O. The van der Waals surface area contributed by atoms with Gasteiger partial charge < -0.3 is 9.52 Å². The number of aliphatic hydroxyl groups excluding tert-OH is 1. The van der Waals surface area contributed by atoms with Crippen molar-refractivity contribution in [3.63, 3.8) is 0 Å². The zero-order chi connectivity index (χ0) is 13.3. The zero-order valence-corrected chi connectivity index (χ0v) is 9.28. The van der Waals surface area contributed by atoms with Crippen LogP contribution in [0.25, 0.3) is 17.2 Å². The highest BCUT2D eigenvalue weighted by molar-refractivity contribution is 5.75. The van der Waals surface area contributed by atoms with Crippen molar-refractivity contribution in [1.29, 1.82) is 0 Å². The number of aromatic nitrogens is 1. The van der Waals surface area contributed by atoms with Crippen molar-refractivity contribution in [2.24, 2.45) is 0 Å². The highest BCUT2D eigenvalue weighted by Gasteiger charge is 2.11. The van der Waals surface area contributed by atoms with Crippen LogP contribution in [0.15, 0.2) is 33.2 Å². The molecule has 1 N–H and O–H groups in total. The quantitative estimate of drug-likeness (QED) is 0.495. The first kappa shape index (κ1) is 11.8. The van der Waals surface area contributed by atoms with Crippen molar-refractivity contribution in [3.05, 3.63) is 50.2 Å². The molecule has 0 amide bonds. The molecule has 7 nitrogen and oxygen atoms in total. The fourth-order valence-corrected chi connectivity index (χ4v) is 1.41. The number of rotatable bonds is 2. The van der Waals surface area contributed by atoms with Crippen molar-refractivity contribution >= 4 is 22.9 Å². The third-order valence-electron chi connectivity index (χ3n) is 2.15. The van der Waals surface area contributed by atoms with E-state index in [9.17, 15) is 14.9 Å². The number of aliphatic hydroxyl groups is 1. The van der Waals surface area contributed by atoms with Gasteiger partial charge in [0.25, 0.3) is 5.69 Å². The Hall–Kier alpha value is -2.70. The van der Waals surface area contributed by atoms with Crippen LogP contribution in [0.5, 0.6) is 0 Å². The number of nitro benzene ring substituents is 1. The first-order valence-corrected chi connectivity index (χ1v) is 4.94. The minimum absolute atomic E-state index is 0.0296. The maximum absolute atomic E-state index is 11.5. The van der Waals surface area contributed by atoms with E-state index in [1.54, 1.807) is 0 Å². The van der Waals surface area contributed by atoms with Crippen molar-refractivity contribution in [3.8, 4) is 0 Å². The van der Waals surface area contributed by atoms with E-state index in [-0.39, 0.29) is 22.7 Å². The molecule has 0 fully saturated rings. The third kappa shape index (κ3) is 2.19. The molecule has 92 valence electrons. The molecule has 0 unspecified atom stereocenters. The second kappa shape index (κ2) is 4.28. The molecule has 2 rings (SSSR count). The Bertz CT molecular complexity index is 713. The highest BCUT2D eigenvalue weighted by atomic mass is 16.6. The molecule has 0 atom stereocenters. The van der Waals surface area contributed by atoms with E-state index in [0.717, 1.165) is 12.1 Å². The Morgan fingerprint density at radius 3 is 2.89 bits per heavy atom. The van der Waals surface area contributed by atoms with Gasteiger partial charge in [-0.3, -0.25) is 10.1 Å². The summed E-state index contributed by atoms with van der Waals surface area (Å²) in [7, 11) is 0. The summed E-state index contributed by atoms with van der Waals surface area (Å²) in [5.74, 6) is -0.0870. The lowest BCUT2D eigenvalue weighted by Crippen LogP contribution is -2.06. The van der Waals surface area contributed by atoms with Crippen LogP contribution in [-0.4, -0.2) is 15.0 Å². The Morgan fingerprint density at radius 1 is 1.56 bits per heavy atom. The van der Waals surface area contributed by atoms with Crippen LogP contribution in [0.1, 0.15) is 12.6 Å². The monoisotopic (exact) mass is 248 g/mol.